The van der Waals surface area contributed by atoms with E-state index in [2.05, 4.69) is 9.84 Å². The summed E-state index contributed by atoms with van der Waals surface area (Å²) in [7, 11) is -3.82. The van der Waals surface area contributed by atoms with Crippen molar-refractivity contribution in [3.8, 4) is 0 Å². The molecule has 0 aliphatic carbocycles. The monoisotopic (exact) mass is 367 g/mol. The van der Waals surface area contributed by atoms with Crippen LogP contribution >= 0.6 is 0 Å². The van der Waals surface area contributed by atoms with E-state index in [1.807, 2.05) is 19.1 Å². The maximum absolute atomic E-state index is 12.6. The van der Waals surface area contributed by atoms with E-state index in [0.29, 0.717) is 10.5 Å². The number of nitrogens with one attached hydrogen (secondary N) is 1. The van der Waals surface area contributed by atoms with Crippen LogP contribution in [0.25, 0.3) is 0 Å². The number of aryl methyl sites for hydroxylation is 1. The second-order valence-electron chi connectivity index (χ2n) is 5.65. The van der Waals surface area contributed by atoms with E-state index in [0.717, 1.165) is 5.56 Å². The van der Waals surface area contributed by atoms with E-state index in [-0.39, 0.29) is 16.3 Å². The molecule has 0 saturated carbocycles. The van der Waals surface area contributed by atoms with Gasteiger partial charge in [-0.15, -0.1) is 0 Å². The Labute approximate surface area is 152 Å². The lowest BCUT2D eigenvalue weighted by molar-refractivity contribution is -0.434. The zero-order valence-electron chi connectivity index (χ0n) is 14.0. The molecular weight excluding hydrogens is 350 g/mol. The lowest BCUT2D eigenvalue weighted by Crippen LogP contribution is -2.14. The highest BCUT2D eigenvalue weighted by molar-refractivity contribution is 7.92. The largest absolute Gasteiger partial charge is 0.594 e. The number of para-hydroxylation sites is 2. The summed E-state index contributed by atoms with van der Waals surface area (Å²) in [6, 6.07) is 21.6. The Morgan fingerprint density at radius 1 is 0.923 bits per heavy atom. The number of rotatable bonds is 5. The average molecular weight is 367 g/mol. The fraction of sp³-hybridized carbons (Fsp3) is 0.0526. The highest BCUT2D eigenvalue weighted by atomic mass is 32.2. The van der Waals surface area contributed by atoms with Crippen LogP contribution in [0, 0.1) is 12.1 Å². The number of anilines is 1. The van der Waals surface area contributed by atoms with Crippen LogP contribution in [0.3, 0.4) is 0 Å². The first-order valence-corrected chi connectivity index (χ1v) is 9.36. The van der Waals surface area contributed by atoms with Gasteiger partial charge in [0.15, 0.2) is 0 Å². The normalized spacial score (nSPS) is 12.0. The Balaban J connectivity index is 1.96. The molecule has 3 aromatic carbocycles. The van der Waals surface area contributed by atoms with Gasteiger partial charge in [-0.2, -0.15) is 0 Å². The molecule has 0 aromatic heterocycles. The Kier molecular flexibility index (Phi) is 4.99. The molecule has 1 N–H and O–H groups in total. The minimum atomic E-state index is -3.82. The molecule has 3 aromatic rings. The van der Waals surface area contributed by atoms with Gasteiger partial charge in [-0.05, 0) is 47.7 Å². The number of nitrogens with zero attached hydrogens (tertiary/aromatic N) is 2. The molecule has 7 heteroatoms. The lowest BCUT2D eigenvalue weighted by Gasteiger charge is -2.10. The fourth-order valence-electron chi connectivity index (χ4n) is 2.37. The van der Waals surface area contributed by atoms with Crippen molar-refractivity contribution >= 4 is 27.1 Å². The third kappa shape index (κ3) is 4.07. The van der Waals surface area contributed by atoms with Crippen LogP contribution in [0.5, 0.6) is 0 Å². The van der Waals surface area contributed by atoms with Crippen LogP contribution in [-0.4, -0.2) is 13.3 Å². The van der Waals surface area contributed by atoms with E-state index in [1.165, 1.54) is 18.2 Å². The molecule has 26 heavy (non-hydrogen) atoms. The molecule has 132 valence electrons. The first-order valence-electron chi connectivity index (χ1n) is 7.88. The van der Waals surface area contributed by atoms with E-state index in [9.17, 15) is 13.6 Å². The van der Waals surface area contributed by atoms with Gasteiger partial charge in [0.2, 0.25) is 0 Å². The summed E-state index contributed by atoms with van der Waals surface area (Å²) in [5, 5.41) is 16.4. The molecule has 3 rings (SSSR count). The summed E-state index contributed by atoms with van der Waals surface area (Å²) in [6.45, 7) is 1.81. The van der Waals surface area contributed by atoms with Crippen LogP contribution in [0.2, 0.25) is 0 Å². The molecule has 0 saturated heterocycles. The number of benzene rings is 3. The zero-order valence-corrected chi connectivity index (χ0v) is 14.8. The van der Waals surface area contributed by atoms with Gasteiger partial charge in [-0.1, -0.05) is 42.5 Å². The van der Waals surface area contributed by atoms with E-state index >= 15 is 0 Å². The topological polar surface area (TPSA) is 84.6 Å². The summed E-state index contributed by atoms with van der Waals surface area (Å²) in [6.07, 6.45) is 0. The van der Waals surface area contributed by atoms with Crippen LogP contribution in [0.15, 0.2) is 88.9 Å². The van der Waals surface area contributed by atoms with E-state index in [1.54, 1.807) is 48.5 Å². The molecule has 6 nitrogen and oxygen atoms in total. The van der Waals surface area contributed by atoms with Gasteiger partial charge in [-0.25, -0.2) is 8.42 Å². The maximum Gasteiger partial charge on any atom is 0.268 e. The predicted octanol–water partition coefficient (Wildman–Crippen LogP) is 4.72. The predicted molar refractivity (Wildman–Crippen MR) is 100 cm³/mol. The summed E-state index contributed by atoms with van der Waals surface area (Å²) in [4.78, 5) is 0.536. The molecule has 0 aliphatic rings. The highest BCUT2D eigenvalue weighted by Crippen LogP contribution is 2.28. The van der Waals surface area contributed by atoms with Crippen molar-refractivity contribution in [2.24, 2.45) is 5.11 Å². The van der Waals surface area contributed by atoms with Crippen molar-refractivity contribution in [2.75, 3.05) is 4.72 Å². The molecule has 0 bridgehead atoms. The Morgan fingerprint density at radius 2 is 1.62 bits per heavy atom. The first-order chi connectivity index (χ1) is 12.5. The minimum absolute atomic E-state index is 0.104. The molecule has 0 heterocycles. The fourth-order valence-corrected chi connectivity index (χ4v) is 3.55. The third-order valence-electron chi connectivity index (χ3n) is 3.62. The molecule has 0 atom stereocenters. The number of azo groups is 1. The molecule has 0 spiro atoms. The molecule has 0 radical (unpaired) electrons. The van der Waals surface area contributed by atoms with Gasteiger partial charge in [0.25, 0.3) is 15.7 Å². The SMILES string of the molecule is Cc1cccc(S(=O)(=O)Nc2ccccc2[N+]([O-])=Nc2ccccc2)c1. The van der Waals surface area contributed by atoms with Crippen molar-refractivity contribution in [3.63, 3.8) is 0 Å². The smallest absolute Gasteiger partial charge is 0.268 e. The standard InChI is InChI=1S/C19H17N3O3S/c1-15-8-7-11-17(14-15)26(24,25)21-18-12-5-6-13-19(18)22(23)20-16-9-3-2-4-10-16/h2-14,21H,1H3. The van der Waals surface area contributed by atoms with Crippen LogP contribution in [0.4, 0.5) is 17.1 Å². The summed E-state index contributed by atoms with van der Waals surface area (Å²) in [5.74, 6) is 0. The van der Waals surface area contributed by atoms with E-state index < -0.39 is 10.0 Å². The maximum atomic E-state index is 12.6. The Morgan fingerprint density at radius 3 is 2.35 bits per heavy atom. The van der Waals surface area contributed by atoms with Crippen molar-refractivity contribution in [1.29, 1.82) is 0 Å². The summed E-state index contributed by atoms with van der Waals surface area (Å²) in [5.41, 5.74) is 1.56. The number of hydrogen-bond acceptors (Lipinski definition) is 4. The second kappa shape index (κ2) is 7.37. The number of hydrogen-bond donors (Lipinski definition) is 1. The second-order valence-corrected chi connectivity index (χ2v) is 7.33. The molecule has 0 fully saturated rings. The molecule has 0 unspecified atom stereocenters. The summed E-state index contributed by atoms with van der Waals surface area (Å²) >= 11 is 0. The zero-order chi connectivity index (χ0) is 18.6. The molecule has 0 amide bonds. The van der Waals surface area contributed by atoms with Gasteiger partial charge in [-0.3, -0.25) is 4.72 Å². The van der Waals surface area contributed by atoms with Crippen LogP contribution in [-0.2, 0) is 10.0 Å². The van der Waals surface area contributed by atoms with Gasteiger partial charge >= 0.3 is 0 Å². The Hall–Kier alpha value is -3.19. The van der Waals surface area contributed by atoms with Crippen molar-refractivity contribution in [3.05, 3.63) is 89.6 Å². The number of sulfonamides is 1. The van der Waals surface area contributed by atoms with Crippen molar-refractivity contribution in [1.82, 2.24) is 0 Å². The van der Waals surface area contributed by atoms with Crippen LogP contribution in [0.1, 0.15) is 5.56 Å². The van der Waals surface area contributed by atoms with Crippen molar-refractivity contribution in [2.45, 2.75) is 11.8 Å². The third-order valence-corrected chi connectivity index (χ3v) is 4.98. The molecule has 0 aliphatic heterocycles. The van der Waals surface area contributed by atoms with Crippen molar-refractivity contribution < 1.29 is 13.3 Å². The van der Waals surface area contributed by atoms with E-state index in [4.69, 9.17) is 0 Å². The minimum Gasteiger partial charge on any atom is -0.594 e. The quantitative estimate of drug-likeness (QED) is 0.402. The first kappa shape index (κ1) is 17.6. The van der Waals surface area contributed by atoms with Gasteiger partial charge in [0, 0.05) is 11.2 Å². The van der Waals surface area contributed by atoms with Gasteiger partial charge < -0.3 is 5.21 Å². The van der Waals surface area contributed by atoms with Crippen LogP contribution < -0.4 is 4.72 Å². The van der Waals surface area contributed by atoms with Gasteiger partial charge in [0.1, 0.15) is 11.4 Å². The summed E-state index contributed by atoms with van der Waals surface area (Å²) < 4.78 is 27.7. The average Bonchev–Trinajstić information content (AvgIpc) is 2.62. The lowest BCUT2D eigenvalue weighted by atomic mass is 10.2. The molecular formula is C19H17N3O3S. The Bertz CT molecular complexity index is 1050. The van der Waals surface area contributed by atoms with Gasteiger partial charge in [0.05, 0.1) is 4.90 Å². The highest BCUT2D eigenvalue weighted by Gasteiger charge is 2.19.